The van der Waals surface area contributed by atoms with Crippen molar-refractivity contribution >= 4 is 45.1 Å². The molecule has 2 aromatic heterocycles. The summed E-state index contributed by atoms with van der Waals surface area (Å²) >= 11 is 8.49. The monoisotopic (exact) mass is 409 g/mol. The van der Waals surface area contributed by atoms with E-state index < -0.39 is 0 Å². The molecule has 3 rings (SSSR count). The van der Waals surface area contributed by atoms with Gasteiger partial charge < -0.3 is 0 Å². The zero-order chi connectivity index (χ0) is 14.8. The van der Waals surface area contributed by atoms with Gasteiger partial charge in [-0.05, 0) is 41.1 Å². The predicted molar refractivity (Wildman–Crippen MR) is 94.5 cm³/mol. The zero-order valence-electron chi connectivity index (χ0n) is 11.5. The fraction of sp³-hybridized carbons (Fsp3) is 0.188. The predicted octanol–water partition coefficient (Wildman–Crippen LogP) is 4.90. The Kier molecular flexibility index (Phi) is 4.35. The summed E-state index contributed by atoms with van der Waals surface area (Å²) in [5, 5.41) is 1.59. The molecule has 0 fully saturated rings. The van der Waals surface area contributed by atoms with E-state index in [4.69, 9.17) is 16.6 Å². The summed E-state index contributed by atoms with van der Waals surface area (Å²) in [7, 11) is 0. The van der Waals surface area contributed by atoms with E-state index in [1.54, 1.807) is 6.20 Å². The number of aromatic nitrogens is 3. The first-order valence-electron chi connectivity index (χ1n) is 6.76. The molecule has 0 spiro atoms. The van der Waals surface area contributed by atoms with Crippen LogP contribution in [0, 0.1) is 3.57 Å². The highest BCUT2D eigenvalue weighted by molar-refractivity contribution is 14.1. The van der Waals surface area contributed by atoms with Gasteiger partial charge in [-0.15, -0.1) is 0 Å². The summed E-state index contributed by atoms with van der Waals surface area (Å²) in [6, 6.07) is 9.98. The lowest BCUT2D eigenvalue weighted by atomic mass is 10.1. The minimum atomic E-state index is 0.511. The smallest absolute Gasteiger partial charge is 0.163 e. The van der Waals surface area contributed by atoms with Crippen molar-refractivity contribution in [2.75, 3.05) is 0 Å². The lowest BCUT2D eigenvalue weighted by Gasteiger charge is -2.09. The van der Waals surface area contributed by atoms with Crippen molar-refractivity contribution in [3.8, 4) is 11.4 Å². The van der Waals surface area contributed by atoms with E-state index in [1.807, 2.05) is 30.3 Å². The second-order valence-electron chi connectivity index (χ2n) is 4.73. The van der Waals surface area contributed by atoms with Gasteiger partial charge in [-0.2, -0.15) is 0 Å². The van der Waals surface area contributed by atoms with E-state index in [2.05, 4.69) is 39.5 Å². The van der Waals surface area contributed by atoms with Gasteiger partial charge >= 0.3 is 0 Å². The van der Waals surface area contributed by atoms with Crippen LogP contribution in [0.25, 0.3) is 22.3 Å². The maximum Gasteiger partial charge on any atom is 0.163 e. The van der Waals surface area contributed by atoms with Gasteiger partial charge in [0.25, 0.3) is 0 Å². The van der Waals surface area contributed by atoms with Crippen LogP contribution in [0.1, 0.15) is 19.0 Å². The standard InChI is InChI=1S/C16H13ClIN3/c1-2-5-12-13(18)15(17)21-16(20-12)11-8-3-6-10-7-4-9-19-14(10)11/h3-4,6-9H,2,5H2,1H3. The van der Waals surface area contributed by atoms with Crippen LogP contribution >= 0.6 is 34.2 Å². The highest BCUT2D eigenvalue weighted by Crippen LogP contribution is 2.28. The zero-order valence-corrected chi connectivity index (χ0v) is 14.4. The third-order valence-corrected chi connectivity index (χ3v) is 4.97. The molecule has 0 bridgehead atoms. The van der Waals surface area contributed by atoms with E-state index in [1.165, 1.54) is 0 Å². The number of halogens is 2. The largest absolute Gasteiger partial charge is 0.255 e. The van der Waals surface area contributed by atoms with Crippen molar-refractivity contribution in [1.82, 2.24) is 15.0 Å². The Bertz CT molecular complexity index is 799. The van der Waals surface area contributed by atoms with Crippen LogP contribution in [-0.4, -0.2) is 15.0 Å². The molecule has 0 amide bonds. The Hall–Kier alpha value is -1.27. The average molecular weight is 410 g/mol. The van der Waals surface area contributed by atoms with Crippen LogP contribution in [0.4, 0.5) is 0 Å². The fourth-order valence-electron chi connectivity index (χ4n) is 2.27. The number of hydrogen-bond acceptors (Lipinski definition) is 3. The molecule has 3 aromatic rings. The lowest BCUT2D eigenvalue weighted by Crippen LogP contribution is -2.01. The number of benzene rings is 1. The molecule has 0 radical (unpaired) electrons. The number of nitrogens with zero attached hydrogens (tertiary/aromatic N) is 3. The van der Waals surface area contributed by atoms with Crippen LogP contribution in [0.5, 0.6) is 0 Å². The Morgan fingerprint density at radius 3 is 2.76 bits per heavy atom. The number of para-hydroxylation sites is 1. The van der Waals surface area contributed by atoms with Crippen LogP contribution in [-0.2, 0) is 6.42 Å². The summed E-state index contributed by atoms with van der Waals surface area (Å²) in [5.41, 5.74) is 2.82. The minimum absolute atomic E-state index is 0.511. The van der Waals surface area contributed by atoms with E-state index in [9.17, 15) is 0 Å². The van der Waals surface area contributed by atoms with Crippen LogP contribution in [0.2, 0.25) is 5.15 Å². The molecule has 0 aliphatic carbocycles. The molecule has 0 saturated carbocycles. The van der Waals surface area contributed by atoms with Gasteiger partial charge in [-0.25, -0.2) is 9.97 Å². The van der Waals surface area contributed by atoms with Gasteiger partial charge in [0.2, 0.25) is 0 Å². The van der Waals surface area contributed by atoms with Crippen molar-refractivity contribution in [3.63, 3.8) is 0 Å². The quantitative estimate of drug-likeness (QED) is 0.456. The third-order valence-electron chi connectivity index (χ3n) is 3.24. The number of fused-ring (bicyclic) bond motifs is 1. The number of hydrogen-bond donors (Lipinski definition) is 0. The topological polar surface area (TPSA) is 38.7 Å². The maximum absolute atomic E-state index is 6.28. The molecule has 5 heteroatoms. The SMILES string of the molecule is CCCc1nc(-c2cccc3cccnc23)nc(Cl)c1I. The first-order valence-corrected chi connectivity index (χ1v) is 8.22. The van der Waals surface area contributed by atoms with Gasteiger partial charge in [0.1, 0.15) is 5.15 Å². The molecular weight excluding hydrogens is 397 g/mol. The van der Waals surface area contributed by atoms with E-state index in [0.717, 1.165) is 38.6 Å². The summed E-state index contributed by atoms with van der Waals surface area (Å²) in [5.74, 6) is 0.646. The molecule has 0 N–H and O–H groups in total. The molecule has 0 aliphatic heterocycles. The molecule has 0 saturated heterocycles. The summed E-state index contributed by atoms with van der Waals surface area (Å²) < 4.78 is 0.938. The van der Waals surface area contributed by atoms with Crippen LogP contribution in [0.3, 0.4) is 0 Å². The number of pyridine rings is 1. The molecule has 0 aliphatic rings. The van der Waals surface area contributed by atoms with Crippen LogP contribution < -0.4 is 0 Å². The lowest BCUT2D eigenvalue weighted by molar-refractivity contribution is 0.867. The van der Waals surface area contributed by atoms with Gasteiger partial charge in [0.15, 0.2) is 5.82 Å². The molecule has 3 nitrogen and oxygen atoms in total. The summed E-state index contributed by atoms with van der Waals surface area (Å²) in [6.45, 7) is 2.13. The highest BCUT2D eigenvalue weighted by Gasteiger charge is 2.13. The van der Waals surface area contributed by atoms with Crippen molar-refractivity contribution in [2.24, 2.45) is 0 Å². The molecule has 2 heterocycles. The molecule has 0 atom stereocenters. The second kappa shape index (κ2) is 6.23. The normalized spacial score (nSPS) is 11.0. The molecule has 0 unspecified atom stereocenters. The van der Waals surface area contributed by atoms with Crippen molar-refractivity contribution in [3.05, 3.63) is 50.9 Å². The summed E-state index contributed by atoms with van der Waals surface area (Å²) in [6.07, 6.45) is 3.70. The Labute approximate surface area is 141 Å². The van der Waals surface area contributed by atoms with Crippen molar-refractivity contribution in [2.45, 2.75) is 19.8 Å². The van der Waals surface area contributed by atoms with Gasteiger partial charge in [0, 0.05) is 17.1 Å². The molecule has 106 valence electrons. The van der Waals surface area contributed by atoms with Crippen LogP contribution in [0.15, 0.2) is 36.5 Å². The van der Waals surface area contributed by atoms with E-state index in [0.29, 0.717) is 11.0 Å². The van der Waals surface area contributed by atoms with Crippen molar-refractivity contribution < 1.29 is 0 Å². The van der Waals surface area contributed by atoms with Gasteiger partial charge in [-0.1, -0.05) is 43.1 Å². The maximum atomic E-state index is 6.28. The molecular formula is C16H13ClIN3. The fourth-order valence-corrected chi connectivity index (χ4v) is 2.97. The Morgan fingerprint density at radius 2 is 1.95 bits per heavy atom. The molecule has 21 heavy (non-hydrogen) atoms. The highest BCUT2D eigenvalue weighted by atomic mass is 127. The second-order valence-corrected chi connectivity index (χ2v) is 6.17. The molecule has 1 aromatic carbocycles. The average Bonchev–Trinajstić information content (AvgIpc) is 2.51. The summed E-state index contributed by atoms with van der Waals surface area (Å²) in [4.78, 5) is 13.6. The number of aryl methyl sites for hydroxylation is 1. The number of rotatable bonds is 3. The third kappa shape index (κ3) is 2.87. The van der Waals surface area contributed by atoms with Crippen molar-refractivity contribution in [1.29, 1.82) is 0 Å². The van der Waals surface area contributed by atoms with Gasteiger partial charge in [-0.3, -0.25) is 4.98 Å². The first kappa shape index (κ1) is 14.7. The van der Waals surface area contributed by atoms with E-state index in [-0.39, 0.29) is 0 Å². The minimum Gasteiger partial charge on any atom is -0.255 e. The Balaban J connectivity index is 2.23. The van der Waals surface area contributed by atoms with E-state index >= 15 is 0 Å². The van der Waals surface area contributed by atoms with Gasteiger partial charge in [0.05, 0.1) is 14.8 Å². The Morgan fingerprint density at radius 1 is 1.14 bits per heavy atom. The first-order chi connectivity index (χ1) is 10.2.